The van der Waals surface area contributed by atoms with Gasteiger partial charge in [0.05, 0.1) is 5.56 Å². The summed E-state index contributed by atoms with van der Waals surface area (Å²) in [4.78, 5) is 39.4. The Morgan fingerprint density at radius 2 is 1.82 bits per heavy atom. The van der Waals surface area contributed by atoms with Crippen molar-refractivity contribution in [2.75, 3.05) is 18.4 Å². The van der Waals surface area contributed by atoms with E-state index in [0.29, 0.717) is 46.8 Å². The molecule has 1 aliphatic heterocycles. The number of amides is 2. The molecule has 2 amide bonds. The molecule has 206 valence electrons. The summed E-state index contributed by atoms with van der Waals surface area (Å²) in [6, 6.07) is 5.60. The van der Waals surface area contributed by atoms with Crippen LogP contribution in [0.1, 0.15) is 92.9 Å². The van der Waals surface area contributed by atoms with Crippen LogP contribution >= 0.6 is 11.3 Å². The van der Waals surface area contributed by atoms with Crippen molar-refractivity contribution in [2.45, 2.75) is 70.1 Å². The van der Waals surface area contributed by atoms with Gasteiger partial charge < -0.3 is 14.7 Å². The molecule has 0 saturated carbocycles. The highest BCUT2D eigenvalue weighted by Crippen LogP contribution is 2.40. The van der Waals surface area contributed by atoms with Gasteiger partial charge in [-0.3, -0.25) is 19.7 Å². The lowest BCUT2D eigenvalue weighted by molar-refractivity contribution is 0.0704. The Bertz CT molecular complexity index is 1550. The highest BCUT2D eigenvalue weighted by Gasteiger charge is 2.34. The molecule has 3 aliphatic rings. The van der Waals surface area contributed by atoms with Crippen LogP contribution < -0.4 is 5.32 Å². The first-order valence-corrected chi connectivity index (χ1v) is 15.0. The summed E-state index contributed by atoms with van der Waals surface area (Å²) in [7, 11) is 0. The zero-order chi connectivity index (χ0) is 27.1. The lowest BCUT2D eigenvalue weighted by Gasteiger charge is -2.31. The molecule has 40 heavy (non-hydrogen) atoms. The second-order valence-corrected chi connectivity index (χ2v) is 11.9. The van der Waals surface area contributed by atoms with E-state index in [1.165, 1.54) is 4.88 Å². The molecule has 0 atom stereocenters. The van der Waals surface area contributed by atoms with Gasteiger partial charge in [-0.1, -0.05) is 11.2 Å². The Hall–Kier alpha value is -3.86. The maximum Gasteiger partial charge on any atom is 0.277 e. The van der Waals surface area contributed by atoms with Crippen LogP contribution in [-0.4, -0.2) is 55.1 Å². The van der Waals surface area contributed by atoms with Gasteiger partial charge in [0.2, 0.25) is 11.7 Å². The van der Waals surface area contributed by atoms with Crippen LogP contribution in [0.5, 0.6) is 0 Å². The van der Waals surface area contributed by atoms with E-state index in [-0.39, 0.29) is 17.7 Å². The number of aryl methyl sites for hydroxylation is 2. The minimum absolute atomic E-state index is 0.00286. The van der Waals surface area contributed by atoms with Gasteiger partial charge in [0.1, 0.15) is 10.7 Å². The van der Waals surface area contributed by atoms with Gasteiger partial charge in [0, 0.05) is 41.3 Å². The van der Waals surface area contributed by atoms with E-state index in [2.05, 4.69) is 30.6 Å². The van der Waals surface area contributed by atoms with E-state index in [9.17, 15) is 9.59 Å². The fourth-order valence-electron chi connectivity index (χ4n) is 6.20. The first-order valence-electron chi connectivity index (χ1n) is 14.2. The SMILES string of the molecule is O=C(Nc1sc2c(c1C(=O)N1CCC(c3nc(-c4ccccn4)no3)CC1)CCCC2)c1n[nH]c2c1CCCC2. The van der Waals surface area contributed by atoms with Crippen molar-refractivity contribution in [2.24, 2.45) is 0 Å². The van der Waals surface area contributed by atoms with Gasteiger partial charge in [0.25, 0.3) is 11.8 Å². The quantitative estimate of drug-likeness (QED) is 0.355. The van der Waals surface area contributed by atoms with E-state index >= 15 is 0 Å². The molecule has 4 aromatic heterocycles. The molecule has 2 N–H and O–H groups in total. The zero-order valence-corrected chi connectivity index (χ0v) is 23.1. The molecule has 0 aromatic carbocycles. The number of likely N-dealkylation sites (tertiary alicyclic amines) is 1. The number of aromatic amines is 1. The maximum absolute atomic E-state index is 14.0. The van der Waals surface area contributed by atoms with Crippen LogP contribution in [0.25, 0.3) is 11.5 Å². The highest BCUT2D eigenvalue weighted by atomic mass is 32.1. The fraction of sp³-hybridized carbons (Fsp3) is 0.448. The molecule has 7 rings (SSSR count). The molecular weight excluding hydrogens is 526 g/mol. The topological polar surface area (TPSA) is 130 Å². The first kappa shape index (κ1) is 25.1. The number of piperidine rings is 1. The highest BCUT2D eigenvalue weighted by molar-refractivity contribution is 7.17. The number of carbonyl (C=O) groups is 2. The monoisotopic (exact) mass is 557 g/mol. The number of rotatable bonds is 5. The average Bonchev–Trinajstić information content (AvgIpc) is 3.74. The summed E-state index contributed by atoms with van der Waals surface area (Å²) in [6.07, 6.45) is 11.1. The number of anilines is 1. The van der Waals surface area contributed by atoms with Crippen LogP contribution in [0.2, 0.25) is 0 Å². The molecule has 0 spiro atoms. The Morgan fingerprint density at radius 1 is 1.02 bits per heavy atom. The van der Waals surface area contributed by atoms with Gasteiger partial charge >= 0.3 is 0 Å². The minimum atomic E-state index is -0.231. The summed E-state index contributed by atoms with van der Waals surface area (Å²) < 4.78 is 5.58. The van der Waals surface area contributed by atoms with E-state index < -0.39 is 0 Å². The van der Waals surface area contributed by atoms with E-state index in [0.717, 1.165) is 81.0 Å². The summed E-state index contributed by atoms with van der Waals surface area (Å²) in [5, 5.41) is 15.3. The lowest BCUT2D eigenvalue weighted by atomic mass is 9.93. The molecule has 1 fully saturated rings. The molecule has 11 heteroatoms. The first-order chi connectivity index (χ1) is 19.7. The van der Waals surface area contributed by atoms with Crippen molar-refractivity contribution < 1.29 is 14.1 Å². The minimum Gasteiger partial charge on any atom is -0.339 e. The van der Waals surface area contributed by atoms with Gasteiger partial charge in [0.15, 0.2) is 5.69 Å². The second kappa shape index (κ2) is 10.6. The van der Waals surface area contributed by atoms with Crippen molar-refractivity contribution in [3.8, 4) is 11.5 Å². The number of fused-ring (bicyclic) bond motifs is 2. The van der Waals surface area contributed by atoms with Gasteiger partial charge in [-0.05, 0) is 81.9 Å². The third-order valence-electron chi connectivity index (χ3n) is 8.35. The van der Waals surface area contributed by atoms with Gasteiger partial charge in [-0.15, -0.1) is 11.3 Å². The number of hydrogen-bond acceptors (Lipinski definition) is 8. The van der Waals surface area contributed by atoms with Crippen molar-refractivity contribution >= 4 is 28.2 Å². The lowest BCUT2D eigenvalue weighted by Crippen LogP contribution is -2.38. The normalized spacial score (nSPS) is 17.4. The summed E-state index contributed by atoms with van der Waals surface area (Å²) in [6.45, 7) is 1.19. The van der Waals surface area contributed by atoms with Crippen molar-refractivity contribution in [1.82, 2.24) is 30.2 Å². The Morgan fingerprint density at radius 3 is 2.65 bits per heavy atom. The van der Waals surface area contributed by atoms with Crippen LogP contribution in [0.4, 0.5) is 5.00 Å². The van der Waals surface area contributed by atoms with E-state index in [1.807, 2.05) is 23.1 Å². The van der Waals surface area contributed by atoms with Crippen LogP contribution in [0, 0.1) is 0 Å². The second-order valence-electron chi connectivity index (χ2n) is 10.8. The van der Waals surface area contributed by atoms with Crippen LogP contribution in [0.3, 0.4) is 0 Å². The molecule has 0 bridgehead atoms. The third kappa shape index (κ3) is 4.61. The van der Waals surface area contributed by atoms with Crippen LogP contribution in [0.15, 0.2) is 28.9 Å². The number of carbonyl (C=O) groups excluding carboxylic acids is 2. The Kier molecular flexibility index (Phi) is 6.66. The summed E-state index contributed by atoms with van der Waals surface area (Å²) >= 11 is 1.56. The molecular formula is C29H31N7O3S. The van der Waals surface area contributed by atoms with E-state index in [1.54, 1.807) is 17.5 Å². The maximum atomic E-state index is 14.0. The third-order valence-corrected chi connectivity index (χ3v) is 9.56. The number of aromatic nitrogens is 5. The summed E-state index contributed by atoms with van der Waals surface area (Å²) in [5.41, 5.74) is 5.01. The molecule has 1 saturated heterocycles. The molecule has 10 nitrogen and oxygen atoms in total. The Labute approximate surface area is 235 Å². The molecule has 5 heterocycles. The molecule has 0 unspecified atom stereocenters. The predicted octanol–water partition coefficient (Wildman–Crippen LogP) is 4.95. The largest absolute Gasteiger partial charge is 0.339 e. The van der Waals surface area contributed by atoms with Crippen molar-refractivity contribution in [3.05, 3.63) is 63.2 Å². The number of pyridine rings is 1. The number of nitrogens with one attached hydrogen (secondary N) is 2. The predicted molar refractivity (Wildman–Crippen MR) is 150 cm³/mol. The van der Waals surface area contributed by atoms with E-state index in [4.69, 9.17) is 4.52 Å². The molecule has 0 radical (unpaired) electrons. The Balaban J connectivity index is 1.08. The van der Waals surface area contributed by atoms with Crippen molar-refractivity contribution in [3.63, 3.8) is 0 Å². The zero-order valence-electron chi connectivity index (χ0n) is 22.2. The average molecular weight is 558 g/mol. The summed E-state index contributed by atoms with van der Waals surface area (Å²) in [5.74, 6) is 0.937. The smallest absolute Gasteiger partial charge is 0.277 e. The van der Waals surface area contributed by atoms with Gasteiger partial charge in [-0.2, -0.15) is 10.1 Å². The standard InChI is InChI=1S/C29H31N7O3S/c37-26(24-18-7-1-3-9-20(18)33-34-24)32-28-23(19-8-2-4-11-22(19)40-28)29(38)36-15-12-17(13-16-36)27-31-25(35-39-27)21-10-5-6-14-30-21/h5-6,10,14,17H,1-4,7-9,11-13,15-16H2,(H,32,37)(H,33,34). The fourth-order valence-corrected chi connectivity index (χ4v) is 7.48. The number of H-pyrrole nitrogens is 1. The van der Waals surface area contributed by atoms with Crippen molar-refractivity contribution in [1.29, 1.82) is 0 Å². The number of hydrogen-bond donors (Lipinski definition) is 2. The molecule has 2 aliphatic carbocycles. The molecule has 4 aromatic rings. The van der Waals surface area contributed by atoms with Gasteiger partial charge in [-0.25, -0.2) is 0 Å². The number of thiophene rings is 1. The van der Waals surface area contributed by atoms with Crippen LogP contribution in [-0.2, 0) is 25.7 Å². The number of nitrogens with zero attached hydrogens (tertiary/aromatic N) is 5.